The van der Waals surface area contributed by atoms with Gasteiger partial charge in [-0.3, -0.25) is 25.0 Å². The van der Waals surface area contributed by atoms with Crippen molar-refractivity contribution in [2.45, 2.75) is 18.5 Å². The maximum atomic E-state index is 12.4. The minimum absolute atomic E-state index is 0.191. The number of para-hydroxylation sites is 1. The molecular formula is C21H22N4O3S. The highest BCUT2D eigenvalue weighted by molar-refractivity contribution is 7.98. The summed E-state index contributed by atoms with van der Waals surface area (Å²) in [6, 6.07) is 14.6. The molecule has 2 aromatic carbocycles. The first-order valence-electron chi connectivity index (χ1n) is 9.10. The van der Waals surface area contributed by atoms with Crippen molar-refractivity contribution in [1.82, 2.24) is 20.4 Å². The largest absolute Gasteiger partial charge is 0.483 e. The molecule has 3 rings (SSSR count). The summed E-state index contributed by atoms with van der Waals surface area (Å²) in [5.41, 5.74) is 7.04. The van der Waals surface area contributed by atoms with Crippen LogP contribution in [0.25, 0.3) is 5.69 Å². The Morgan fingerprint density at radius 1 is 1.14 bits per heavy atom. The molecule has 0 unspecified atom stereocenters. The van der Waals surface area contributed by atoms with Crippen molar-refractivity contribution in [3.05, 3.63) is 72.1 Å². The van der Waals surface area contributed by atoms with Crippen molar-refractivity contribution >= 4 is 23.6 Å². The van der Waals surface area contributed by atoms with Crippen LogP contribution in [0.15, 0.2) is 66.1 Å². The lowest BCUT2D eigenvalue weighted by Gasteiger charge is -2.12. The lowest BCUT2D eigenvalue weighted by molar-refractivity contribution is -0.123. The molecule has 0 bridgehead atoms. The SMILES string of the molecule is CCc1ccccc1OCC(=O)NNC(=O)c1cccc(-n2ccnc2SC)c1. The van der Waals surface area contributed by atoms with Crippen LogP contribution in [0.1, 0.15) is 22.8 Å². The molecule has 0 fully saturated rings. The minimum Gasteiger partial charge on any atom is -0.483 e. The van der Waals surface area contributed by atoms with Crippen LogP contribution in [0.4, 0.5) is 0 Å². The molecule has 2 N–H and O–H groups in total. The summed E-state index contributed by atoms with van der Waals surface area (Å²) < 4.78 is 7.43. The highest BCUT2D eigenvalue weighted by atomic mass is 32.2. The third kappa shape index (κ3) is 5.17. The van der Waals surface area contributed by atoms with Gasteiger partial charge in [-0.15, -0.1) is 0 Å². The number of hydrazine groups is 1. The number of amides is 2. The van der Waals surface area contributed by atoms with E-state index in [0.29, 0.717) is 11.3 Å². The molecule has 0 radical (unpaired) electrons. The number of nitrogens with zero attached hydrogens (tertiary/aromatic N) is 2. The summed E-state index contributed by atoms with van der Waals surface area (Å²) in [5, 5.41) is 0.820. The van der Waals surface area contributed by atoms with Gasteiger partial charge >= 0.3 is 0 Å². The smallest absolute Gasteiger partial charge is 0.276 e. The molecule has 0 aliphatic heterocycles. The van der Waals surface area contributed by atoms with Crippen LogP contribution >= 0.6 is 11.8 Å². The van der Waals surface area contributed by atoms with Crippen molar-refractivity contribution in [2.75, 3.05) is 12.9 Å². The monoisotopic (exact) mass is 410 g/mol. The number of hydrogen-bond donors (Lipinski definition) is 2. The number of aromatic nitrogens is 2. The van der Waals surface area contributed by atoms with E-state index >= 15 is 0 Å². The van der Waals surface area contributed by atoms with Gasteiger partial charge in [-0.05, 0) is 42.5 Å². The number of carbonyl (C=O) groups is 2. The van der Waals surface area contributed by atoms with Crippen molar-refractivity contribution in [3.8, 4) is 11.4 Å². The number of benzene rings is 2. The van der Waals surface area contributed by atoms with Gasteiger partial charge in [0.25, 0.3) is 11.8 Å². The maximum Gasteiger partial charge on any atom is 0.276 e. The molecule has 8 heteroatoms. The van der Waals surface area contributed by atoms with Gasteiger partial charge in [-0.1, -0.05) is 43.0 Å². The Labute approximate surface area is 173 Å². The van der Waals surface area contributed by atoms with E-state index in [-0.39, 0.29) is 6.61 Å². The summed E-state index contributed by atoms with van der Waals surface area (Å²) >= 11 is 1.51. The maximum absolute atomic E-state index is 12.4. The number of hydrogen-bond acceptors (Lipinski definition) is 5. The predicted molar refractivity (Wildman–Crippen MR) is 112 cm³/mol. The fourth-order valence-electron chi connectivity index (χ4n) is 2.75. The highest BCUT2D eigenvalue weighted by Gasteiger charge is 2.11. The van der Waals surface area contributed by atoms with Crippen molar-refractivity contribution < 1.29 is 14.3 Å². The molecule has 150 valence electrons. The summed E-state index contributed by atoms with van der Waals surface area (Å²) in [5.74, 6) is -0.200. The van der Waals surface area contributed by atoms with Crippen LogP contribution in [-0.4, -0.2) is 34.2 Å². The van der Waals surface area contributed by atoms with Crippen LogP contribution in [0.5, 0.6) is 5.75 Å². The van der Waals surface area contributed by atoms with Crippen molar-refractivity contribution in [2.24, 2.45) is 0 Å². The molecule has 0 aliphatic rings. The van der Waals surface area contributed by atoms with Gasteiger partial charge in [0.15, 0.2) is 11.8 Å². The summed E-state index contributed by atoms with van der Waals surface area (Å²) in [4.78, 5) is 28.7. The van der Waals surface area contributed by atoms with Crippen LogP contribution < -0.4 is 15.6 Å². The summed E-state index contributed by atoms with van der Waals surface area (Å²) in [6.07, 6.45) is 6.28. The zero-order valence-corrected chi connectivity index (χ0v) is 17.0. The number of carbonyl (C=O) groups excluding carboxylic acids is 2. The average molecular weight is 410 g/mol. The Balaban J connectivity index is 1.57. The first-order valence-corrected chi connectivity index (χ1v) is 10.3. The average Bonchev–Trinajstić information content (AvgIpc) is 3.25. The minimum atomic E-state index is -0.445. The molecule has 0 aliphatic carbocycles. The van der Waals surface area contributed by atoms with E-state index in [0.717, 1.165) is 22.8 Å². The topological polar surface area (TPSA) is 85.3 Å². The van der Waals surface area contributed by atoms with Crippen molar-refractivity contribution in [1.29, 1.82) is 0 Å². The number of ether oxygens (including phenoxy) is 1. The van der Waals surface area contributed by atoms with Crippen LogP contribution in [-0.2, 0) is 11.2 Å². The van der Waals surface area contributed by atoms with Crippen LogP contribution in [0, 0.1) is 0 Å². The fraction of sp³-hybridized carbons (Fsp3) is 0.190. The van der Waals surface area contributed by atoms with E-state index in [2.05, 4.69) is 15.8 Å². The molecule has 0 saturated heterocycles. The van der Waals surface area contributed by atoms with Gasteiger partial charge in [0.2, 0.25) is 0 Å². The number of aryl methyl sites for hydroxylation is 1. The van der Waals surface area contributed by atoms with Crippen LogP contribution in [0.3, 0.4) is 0 Å². The summed E-state index contributed by atoms with van der Waals surface area (Å²) in [7, 11) is 0. The van der Waals surface area contributed by atoms with Crippen LogP contribution in [0.2, 0.25) is 0 Å². The second-order valence-electron chi connectivity index (χ2n) is 6.09. The Kier molecular flexibility index (Phi) is 6.91. The van der Waals surface area contributed by atoms with E-state index in [9.17, 15) is 9.59 Å². The molecule has 1 heterocycles. The molecule has 2 amide bonds. The van der Waals surface area contributed by atoms with Gasteiger partial charge < -0.3 is 4.74 Å². The Morgan fingerprint density at radius 2 is 1.97 bits per heavy atom. The third-order valence-electron chi connectivity index (χ3n) is 4.20. The first-order chi connectivity index (χ1) is 14.1. The zero-order valence-electron chi connectivity index (χ0n) is 16.2. The number of imidazole rings is 1. The standard InChI is InChI=1S/C21H22N4O3S/c1-3-15-7-4-5-10-18(15)28-14-19(26)23-24-20(27)16-8-6-9-17(13-16)25-12-11-22-21(25)29-2/h4-13H,3,14H2,1-2H3,(H,23,26)(H,24,27). The number of nitrogens with one attached hydrogen (secondary N) is 2. The van der Waals surface area contributed by atoms with Gasteiger partial charge in [0.1, 0.15) is 5.75 Å². The first kappa shape index (κ1) is 20.5. The van der Waals surface area contributed by atoms with Gasteiger partial charge in [0, 0.05) is 23.6 Å². The molecule has 3 aromatic rings. The molecule has 7 nitrogen and oxygen atoms in total. The third-order valence-corrected chi connectivity index (χ3v) is 4.87. The van der Waals surface area contributed by atoms with E-state index < -0.39 is 11.8 Å². The Bertz CT molecular complexity index is 1000. The normalized spacial score (nSPS) is 10.4. The molecule has 0 spiro atoms. The summed E-state index contributed by atoms with van der Waals surface area (Å²) in [6.45, 7) is 1.83. The zero-order chi connectivity index (χ0) is 20.6. The fourth-order valence-corrected chi connectivity index (χ4v) is 3.28. The van der Waals surface area contributed by atoms with E-state index in [1.807, 2.05) is 54.3 Å². The quantitative estimate of drug-likeness (QED) is 0.462. The predicted octanol–water partition coefficient (Wildman–Crippen LogP) is 3.00. The van der Waals surface area contributed by atoms with Crippen molar-refractivity contribution in [3.63, 3.8) is 0 Å². The van der Waals surface area contributed by atoms with E-state index in [1.54, 1.807) is 24.4 Å². The lowest BCUT2D eigenvalue weighted by Crippen LogP contribution is -2.43. The number of thioether (sulfide) groups is 1. The molecular weight excluding hydrogens is 388 g/mol. The molecule has 1 aromatic heterocycles. The van der Waals surface area contributed by atoms with E-state index in [1.165, 1.54) is 11.8 Å². The Morgan fingerprint density at radius 3 is 2.76 bits per heavy atom. The van der Waals surface area contributed by atoms with Gasteiger partial charge in [0.05, 0.1) is 0 Å². The lowest BCUT2D eigenvalue weighted by atomic mass is 10.1. The van der Waals surface area contributed by atoms with Gasteiger partial charge in [-0.2, -0.15) is 0 Å². The van der Waals surface area contributed by atoms with E-state index in [4.69, 9.17) is 4.74 Å². The Hall–Kier alpha value is -3.26. The molecule has 29 heavy (non-hydrogen) atoms. The molecule has 0 saturated carbocycles. The molecule has 0 atom stereocenters. The highest BCUT2D eigenvalue weighted by Crippen LogP contribution is 2.19. The van der Waals surface area contributed by atoms with Gasteiger partial charge in [-0.25, -0.2) is 4.98 Å². The number of rotatable bonds is 7. The second-order valence-corrected chi connectivity index (χ2v) is 6.86. The second kappa shape index (κ2) is 9.79.